The second kappa shape index (κ2) is 4.91. The summed E-state index contributed by atoms with van der Waals surface area (Å²) in [6.07, 6.45) is 3.60. The summed E-state index contributed by atoms with van der Waals surface area (Å²) in [6, 6.07) is 11.6. The highest BCUT2D eigenvalue weighted by Gasteiger charge is 2.00. The first kappa shape index (κ1) is 12.0. The lowest BCUT2D eigenvalue weighted by Crippen LogP contribution is -1.84. The van der Waals surface area contributed by atoms with E-state index in [1.807, 2.05) is 37.4 Å². The van der Waals surface area contributed by atoms with Gasteiger partial charge in [0.25, 0.3) is 0 Å². The minimum absolute atomic E-state index is 0.687. The summed E-state index contributed by atoms with van der Waals surface area (Å²) in [5, 5.41) is 9.93. The van der Waals surface area contributed by atoms with Crippen LogP contribution in [-0.2, 0) is 0 Å². The summed E-state index contributed by atoms with van der Waals surface area (Å²) < 4.78 is 0. The molecule has 0 bridgehead atoms. The first-order valence-corrected chi connectivity index (χ1v) is 6.23. The van der Waals surface area contributed by atoms with Gasteiger partial charge in [0, 0.05) is 28.9 Å². The number of fused-ring (bicyclic) bond motifs is 1. The highest BCUT2D eigenvalue weighted by molar-refractivity contribution is 5.82. The molecule has 3 heteroatoms. The normalized spacial score (nSPS) is 9.80. The maximum Gasteiger partial charge on any atom is 0.138 e. The Labute approximate surface area is 116 Å². The number of aryl methyl sites for hydroxylation is 1. The molecule has 0 spiro atoms. The summed E-state index contributed by atoms with van der Waals surface area (Å²) >= 11 is 0. The fourth-order valence-corrected chi connectivity index (χ4v) is 2.08. The average Bonchev–Trinajstić information content (AvgIpc) is 2.94. The van der Waals surface area contributed by atoms with E-state index in [-0.39, 0.29) is 0 Å². The predicted molar refractivity (Wildman–Crippen MR) is 78.0 cm³/mol. The summed E-state index contributed by atoms with van der Waals surface area (Å²) in [5.41, 5.74) is 4.32. The van der Waals surface area contributed by atoms with Crippen LogP contribution in [0.1, 0.15) is 22.3 Å². The fraction of sp³-hybridized carbons (Fsp3) is 0.0588. The molecule has 0 radical (unpaired) electrons. The molecule has 0 amide bonds. The molecular weight excluding hydrogens is 246 g/mol. The molecule has 0 saturated carbocycles. The number of nitrogens with one attached hydrogen (secondary N) is 1. The Morgan fingerprint density at radius 2 is 2.00 bits per heavy atom. The number of hydrogen-bond donors (Lipinski definition) is 1. The molecule has 3 aromatic rings. The Morgan fingerprint density at radius 1 is 1.10 bits per heavy atom. The van der Waals surface area contributed by atoms with Crippen molar-refractivity contribution in [1.82, 2.24) is 9.97 Å². The van der Waals surface area contributed by atoms with Crippen molar-refractivity contribution in [1.29, 1.82) is 5.26 Å². The van der Waals surface area contributed by atoms with Gasteiger partial charge in [-0.15, -0.1) is 0 Å². The molecule has 2 heterocycles. The molecule has 0 aliphatic carbocycles. The number of pyridine rings is 1. The first-order chi connectivity index (χ1) is 9.78. The van der Waals surface area contributed by atoms with Crippen LogP contribution < -0.4 is 0 Å². The number of aromatic nitrogens is 2. The zero-order valence-corrected chi connectivity index (χ0v) is 10.9. The van der Waals surface area contributed by atoms with E-state index in [4.69, 9.17) is 5.26 Å². The van der Waals surface area contributed by atoms with E-state index in [2.05, 4.69) is 27.9 Å². The number of H-pyrrole nitrogens is 1. The van der Waals surface area contributed by atoms with Gasteiger partial charge in [-0.3, -0.25) is 0 Å². The van der Waals surface area contributed by atoms with Gasteiger partial charge in [-0.2, -0.15) is 5.26 Å². The van der Waals surface area contributed by atoms with E-state index in [1.165, 1.54) is 0 Å². The zero-order valence-electron chi connectivity index (χ0n) is 10.9. The van der Waals surface area contributed by atoms with Gasteiger partial charge >= 0.3 is 0 Å². The van der Waals surface area contributed by atoms with E-state index in [0.29, 0.717) is 5.56 Å². The molecule has 1 aromatic carbocycles. The van der Waals surface area contributed by atoms with Gasteiger partial charge in [-0.25, -0.2) is 4.98 Å². The minimum Gasteiger partial charge on any atom is -0.346 e. The summed E-state index contributed by atoms with van der Waals surface area (Å²) in [6.45, 7) is 1.92. The lowest BCUT2D eigenvalue weighted by molar-refractivity contribution is 1.32. The molecule has 0 aliphatic heterocycles. The molecule has 2 aromatic heterocycles. The number of rotatable bonds is 0. The highest BCUT2D eigenvalue weighted by Crippen LogP contribution is 2.14. The number of hydrogen-bond acceptors (Lipinski definition) is 2. The second-order valence-electron chi connectivity index (χ2n) is 4.49. The third kappa shape index (κ3) is 2.13. The first-order valence-electron chi connectivity index (χ1n) is 6.23. The third-order valence-electron chi connectivity index (χ3n) is 3.15. The lowest BCUT2D eigenvalue weighted by atomic mass is 10.1. The van der Waals surface area contributed by atoms with Crippen LogP contribution in [0.4, 0.5) is 0 Å². The number of benzene rings is 1. The zero-order chi connectivity index (χ0) is 13.9. The van der Waals surface area contributed by atoms with Crippen molar-refractivity contribution in [3.8, 4) is 17.9 Å². The largest absolute Gasteiger partial charge is 0.346 e. The summed E-state index contributed by atoms with van der Waals surface area (Å²) in [4.78, 5) is 7.30. The van der Waals surface area contributed by atoms with Crippen molar-refractivity contribution in [2.24, 2.45) is 0 Å². The van der Waals surface area contributed by atoms with Crippen molar-refractivity contribution in [2.45, 2.75) is 6.92 Å². The molecule has 0 fully saturated rings. The van der Waals surface area contributed by atoms with Crippen LogP contribution in [0.3, 0.4) is 0 Å². The maximum atomic E-state index is 8.92. The molecule has 20 heavy (non-hydrogen) atoms. The SMILES string of the molecule is Cc1cc(C#Cc2ccnc3[nH]ccc23)ccc1C#N. The van der Waals surface area contributed by atoms with E-state index in [9.17, 15) is 0 Å². The van der Waals surface area contributed by atoms with Gasteiger partial charge in [0.05, 0.1) is 11.6 Å². The Hall–Kier alpha value is -3.04. The van der Waals surface area contributed by atoms with E-state index < -0.39 is 0 Å². The van der Waals surface area contributed by atoms with Gasteiger partial charge in [0.15, 0.2) is 0 Å². The third-order valence-corrected chi connectivity index (χ3v) is 3.15. The topological polar surface area (TPSA) is 52.5 Å². The standard InChI is InChI=1S/C17H11N3/c1-12-10-13(3-5-15(12)11-18)2-4-14-6-8-19-17-16(14)7-9-20-17/h3,5-10H,1H3,(H,19,20). The van der Waals surface area contributed by atoms with Crippen LogP contribution in [0.2, 0.25) is 0 Å². The second-order valence-corrected chi connectivity index (χ2v) is 4.49. The molecule has 94 valence electrons. The Morgan fingerprint density at radius 3 is 2.80 bits per heavy atom. The fourth-order valence-electron chi connectivity index (χ4n) is 2.08. The number of aromatic amines is 1. The van der Waals surface area contributed by atoms with Crippen molar-refractivity contribution in [3.63, 3.8) is 0 Å². The summed E-state index contributed by atoms with van der Waals surface area (Å²) in [5.74, 6) is 6.30. The highest BCUT2D eigenvalue weighted by atomic mass is 14.8. The van der Waals surface area contributed by atoms with Crippen LogP contribution in [0.25, 0.3) is 11.0 Å². The van der Waals surface area contributed by atoms with Crippen LogP contribution in [0.15, 0.2) is 42.7 Å². The van der Waals surface area contributed by atoms with Crippen molar-refractivity contribution >= 4 is 11.0 Å². The van der Waals surface area contributed by atoms with E-state index in [1.54, 1.807) is 12.3 Å². The predicted octanol–water partition coefficient (Wildman–Crippen LogP) is 3.14. The Balaban J connectivity index is 2.02. The molecule has 1 N–H and O–H groups in total. The molecule has 3 rings (SSSR count). The molecule has 0 atom stereocenters. The number of nitriles is 1. The van der Waals surface area contributed by atoms with Gasteiger partial charge in [0.2, 0.25) is 0 Å². The Kier molecular flexibility index (Phi) is 2.95. The van der Waals surface area contributed by atoms with Crippen LogP contribution in [0.5, 0.6) is 0 Å². The minimum atomic E-state index is 0.687. The number of nitrogens with zero attached hydrogens (tertiary/aromatic N) is 2. The van der Waals surface area contributed by atoms with Crippen LogP contribution in [-0.4, -0.2) is 9.97 Å². The monoisotopic (exact) mass is 257 g/mol. The molecule has 3 nitrogen and oxygen atoms in total. The van der Waals surface area contributed by atoms with Crippen molar-refractivity contribution < 1.29 is 0 Å². The van der Waals surface area contributed by atoms with Crippen LogP contribution >= 0.6 is 0 Å². The Bertz CT molecular complexity index is 886. The molecule has 0 unspecified atom stereocenters. The molecule has 0 aliphatic rings. The van der Waals surface area contributed by atoms with Gasteiger partial charge in [0.1, 0.15) is 5.65 Å². The van der Waals surface area contributed by atoms with E-state index >= 15 is 0 Å². The van der Waals surface area contributed by atoms with Crippen molar-refractivity contribution in [3.05, 3.63) is 65.0 Å². The van der Waals surface area contributed by atoms with Gasteiger partial charge in [-0.1, -0.05) is 11.8 Å². The lowest BCUT2D eigenvalue weighted by Gasteiger charge is -1.97. The molecule has 0 saturated heterocycles. The van der Waals surface area contributed by atoms with Gasteiger partial charge < -0.3 is 4.98 Å². The van der Waals surface area contributed by atoms with Crippen molar-refractivity contribution in [2.75, 3.05) is 0 Å². The smallest absolute Gasteiger partial charge is 0.138 e. The van der Waals surface area contributed by atoms with E-state index in [0.717, 1.165) is 27.7 Å². The van der Waals surface area contributed by atoms with Gasteiger partial charge in [-0.05, 0) is 42.8 Å². The quantitative estimate of drug-likeness (QED) is 0.629. The average molecular weight is 257 g/mol. The maximum absolute atomic E-state index is 8.92. The molecular formula is C17H11N3. The van der Waals surface area contributed by atoms with Crippen LogP contribution in [0, 0.1) is 30.1 Å². The summed E-state index contributed by atoms with van der Waals surface area (Å²) in [7, 11) is 0.